The SMILES string of the molecule is O=C(NCCn1cc([N+](=O)[O-])cn1)c1ccc(COc2ccccc2[N+](=O)[O-])o1. The highest BCUT2D eigenvalue weighted by Crippen LogP contribution is 2.26. The van der Waals surface area contributed by atoms with Gasteiger partial charge in [0.05, 0.1) is 16.4 Å². The first-order valence-electron chi connectivity index (χ1n) is 8.34. The second-order valence-corrected chi connectivity index (χ2v) is 5.75. The van der Waals surface area contributed by atoms with Gasteiger partial charge in [0.1, 0.15) is 24.8 Å². The van der Waals surface area contributed by atoms with Crippen LogP contribution in [0.5, 0.6) is 5.75 Å². The van der Waals surface area contributed by atoms with Crippen LogP contribution in [0.3, 0.4) is 0 Å². The number of carbonyl (C=O) groups excluding carboxylic acids is 1. The predicted octanol–water partition coefficient (Wildman–Crippen LogP) is 2.30. The first-order chi connectivity index (χ1) is 13.9. The quantitative estimate of drug-likeness (QED) is 0.423. The Balaban J connectivity index is 1.50. The zero-order valence-corrected chi connectivity index (χ0v) is 14.9. The van der Waals surface area contributed by atoms with E-state index >= 15 is 0 Å². The number of nitro groups is 2. The molecule has 1 aromatic carbocycles. The topological polar surface area (TPSA) is 156 Å². The molecule has 0 saturated heterocycles. The van der Waals surface area contributed by atoms with E-state index in [1.165, 1.54) is 41.2 Å². The summed E-state index contributed by atoms with van der Waals surface area (Å²) >= 11 is 0. The van der Waals surface area contributed by atoms with Crippen LogP contribution in [0.2, 0.25) is 0 Å². The fraction of sp³-hybridized carbons (Fsp3) is 0.176. The lowest BCUT2D eigenvalue weighted by Gasteiger charge is -2.05. The van der Waals surface area contributed by atoms with Crippen LogP contribution in [-0.4, -0.2) is 32.1 Å². The van der Waals surface area contributed by atoms with Gasteiger partial charge in [0.25, 0.3) is 5.91 Å². The van der Waals surface area contributed by atoms with Gasteiger partial charge in [-0.2, -0.15) is 5.10 Å². The molecular weight excluding hydrogens is 386 g/mol. The van der Waals surface area contributed by atoms with Crippen LogP contribution in [0.25, 0.3) is 0 Å². The third-order valence-corrected chi connectivity index (χ3v) is 3.77. The van der Waals surface area contributed by atoms with Gasteiger partial charge in [0.2, 0.25) is 0 Å². The molecule has 0 unspecified atom stereocenters. The fourth-order valence-corrected chi connectivity index (χ4v) is 2.40. The summed E-state index contributed by atoms with van der Waals surface area (Å²) < 4.78 is 12.1. The van der Waals surface area contributed by atoms with Crippen LogP contribution in [0.1, 0.15) is 16.3 Å². The van der Waals surface area contributed by atoms with E-state index in [1.54, 1.807) is 6.07 Å². The molecule has 29 heavy (non-hydrogen) atoms. The minimum atomic E-state index is -0.557. The highest BCUT2D eigenvalue weighted by molar-refractivity contribution is 5.91. The summed E-state index contributed by atoms with van der Waals surface area (Å²) in [5.41, 5.74) is -0.304. The van der Waals surface area contributed by atoms with Crippen molar-refractivity contribution < 1.29 is 23.8 Å². The number of hydrogen-bond donors (Lipinski definition) is 1. The summed E-state index contributed by atoms with van der Waals surface area (Å²) in [6.07, 6.45) is 2.38. The van der Waals surface area contributed by atoms with E-state index in [0.29, 0.717) is 5.76 Å². The predicted molar refractivity (Wildman–Crippen MR) is 97.4 cm³/mol. The largest absolute Gasteiger partial charge is 0.479 e. The van der Waals surface area contributed by atoms with Crippen molar-refractivity contribution in [2.24, 2.45) is 0 Å². The number of ether oxygens (including phenoxy) is 1. The number of carbonyl (C=O) groups is 1. The van der Waals surface area contributed by atoms with E-state index in [2.05, 4.69) is 10.4 Å². The van der Waals surface area contributed by atoms with E-state index in [9.17, 15) is 25.0 Å². The van der Waals surface area contributed by atoms with Crippen LogP contribution in [0, 0.1) is 20.2 Å². The molecule has 0 atom stereocenters. The Morgan fingerprint density at radius 2 is 1.97 bits per heavy atom. The maximum absolute atomic E-state index is 12.1. The van der Waals surface area contributed by atoms with Gasteiger partial charge in [-0.3, -0.25) is 29.7 Å². The monoisotopic (exact) mass is 401 g/mol. The fourth-order valence-electron chi connectivity index (χ4n) is 2.40. The standard InChI is InChI=1S/C17H15N5O7/c23-17(18-7-8-20-10-12(9-19-20)21(24)25)16-6-5-13(29-16)11-28-15-4-2-1-3-14(15)22(26)27/h1-6,9-10H,7-8,11H2,(H,18,23). The maximum atomic E-state index is 12.1. The average molecular weight is 401 g/mol. The van der Waals surface area contributed by atoms with Gasteiger partial charge in [-0.25, -0.2) is 0 Å². The molecule has 0 bridgehead atoms. The van der Waals surface area contributed by atoms with Gasteiger partial charge in [-0.1, -0.05) is 12.1 Å². The average Bonchev–Trinajstić information content (AvgIpc) is 3.36. The number of nitrogens with zero attached hydrogens (tertiary/aromatic N) is 4. The summed E-state index contributed by atoms with van der Waals surface area (Å²) in [6.45, 7) is 0.337. The van der Waals surface area contributed by atoms with Crippen molar-refractivity contribution in [1.82, 2.24) is 15.1 Å². The van der Waals surface area contributed by atoms with Crippen molar-refractivity contribution in [3.05, 3.63) is 80.5 Å². The summed E-state index contributed by atoms with van der Waals surface area (Å²) in [5.74, 6) is -0.0366. The number of hydrogen-bond acceptors (Lipinski definition) is 8. The lowest BCUT2D eigenvalue weighted by atomic mass is 10.3. The molecule has 1 amide bonds. The molecule has 0 radical (unpaired) electrons. The molecule has 0 aliphatic carbocycles. The third kappa shape index (κ3) is 4.94. The van der Waals surface area contributed by atoms with Crippen LogP contribution in [0.15, 0.2) is 53.2 Å². The molecule has 1 N–H and O–H groups in total. The van der Waals surface area contributed by atoms with Crippen molar-refractivity contribution in [1.29, 1.82) is 0 Å². The number of aromatic nitrogens is 2. The summed E-state index contributed by atoms with van der Waals surface area (Å²) in [5, 5.41) is 28.0. The second kappa shape index (κ2) is 8.65. The highest BCUT2D eigenvalue weighted by atomic mass is 16.6. The second-order valence-electron chi connectivity index (χ2n) is 5.75. The van der Waals surface area contributed by atoms with Gasteiger partial charge < -0.3 is 14.5 Å². The Hall–Kier alpha value is -4.22. The van der Waals surface area contributed by atoms with Crippen LogP contribution in [-0.2, 0) is 13.2 Å². The van der Waals surface area contributed by atoms with Crippen LogP contribution >= 0.6 is 0 Å². The van der Waals surface area contributed by atoms with Crippen LogP contribution < -0.4 is 10.1 Å². The Bertz CT molecular complexity index is 1040. The number of benzene rings is 1. The van der Waals surface area contributed by atoms with Gasteiger partial charge in [0, 0.05) is 12.6 Å². The molecule has 150 valence electrons. The minimum absolute atomic E-state index is 0.0395. The summed E-state index contributed by atoms with van der Waals surface area (Å²) in [7, 11) is 0. The van der Waals surface area contributed by atoms with E-state index in [4.69, 9.17) is 9.15 Å². The van der Waals surface area contributed by atoms with E-state index in [-0.39, 0.29) is 42.6 Å². The Morgan fingerprint density at radius 3 is 2.69 bits per heavy atom. The number of para-hydroxylation sites is 2. The first kappa shape index (κ1) is 19.5. The molecule has 0 fully saturated rings. The minimum Gasteiger partial charge on any atom is -0.479 e. The smallest absolute Gasteiger partial charge is 0.310 e. The first-order valence-corrected chi connectivity index (χ1v) is 8.34. The van der Waals surface area contributed by atoms with E-state index < -0.39 is 15.8 Å². The van der Waals surface area contributed by atoms with Gasteiger partial charge in [-0.15, -0.1) is 0 Å². The number of furan rings is 1. The van der Waals surface area contributed by atoms with Crippen molar-refractivity contribution in [2.75, 3.05) is 6.54 Å². The third-order valence-electron chi connectivity index (χ3n) is 3.77. The molecule has 12 heteroatoms. The van der Waals surface area contributed by atoms with Crippen molar-refractivity contribution in [3.63, 3.8) is 0 Å². The summed E-state index contributed by atoms with van der Waals surface area (Å²) in [6, 6.07) is 8.91. The number of rotatable bonds is 9. The number of amides is 1. The number of nitro benzene ring substituents is 1. The van der Waals surface area contributed by atoms with Crippen molar-refractivity contribution in [2.45, 2.75) is 13.2 Å². The van der Waals surface area contributed by atoms with Crippen LogP contribution in [0.4, 0.5) is 11.4 Å². The van der Waals surface area contributed by atoms with Gasteiger partial charge >= 0.3 is 11.4 Å². The van der Waals surface area contributed by atoms with E-state index in [1.807, 2.05) is 0 Å². The maximum Gasteiger partial charge on any atom is 0.310 e. The Labute approximate surface area is 163 Å². The molecule has 0 saturated carbocycles. The zero-order chi connectivity index (χ0) is 20.8. The van der Waals surface area contributed by atoms with Gasteiger partial charge in [-0.05, 0) is 18.2 Å². The zero-order valence-electron chi connectivity index (χ0n) is 14.9. The van der Waals surface area contributed by atoms with Gasteiger partial charge in [0.15, 0.2) is 11.5 Å². The lowest BCUT2D eigenvalue weighted by molar-refractivity contribution is -0.386. The molecule has 0 aliphatic heterocycles. The molecule has 2 heterocycles. The van der Waals surface area contributed by atoms with Crippen molar-refractivity contribution in [3.8, 4) is 5.75 Å². The molecule has 3 rings (SSSR count). The lowest BCUT2D eigenvalue weighted by Crippen LogP contribution is -2.27. The molecule has 12 nitrogen and oxygen atoms in total. The molecule has 0 spiro atoms. The highest BCUT2D eigenvalue weighted by Gasteiger charge is 2.16. The Morgan fingerprint density at radius 1 is 1.17 bits per heavy atom. The molecule has 2 aromatic heterocycles. The van der Waals surface area contributed by atoms with Crippen molar-refractivity contribution >= 4 is 17.3 Å². The number of nitrogens with one attached hydrogen (secondary N) is 1. The van der Waals surface area contributed by atoms with E-state index in [0.717, 1.165) is 6.20 Å². The normalized spacial score (nSPS) is 10.5. The molecule has 0 aliphatic rings. The molecule has 3 aromatic rings. The molecular formula is C17H15N5O7. The summed E-state index contributed by atoms with van der Waals surface area (Å²) in [4.78, 5) is 32.6. The Kier molecular flexibility index (Phi) is 5.83.